The lowest BCUT2D eigenvalue weighted by atomic mass is 10.0. The van der Waals surface area contributed by atoms with E-state index < -0.39 is 0 Å². The maximum atomic E-state index is 6.11. The van der Waals surface area contributed by atoms with Gasteiger partial charge in [-0.15, -0.1) is 24.0 Å². The molecule has 31 heavy (non-hydrogen) atoms. The molecule has 2 aromatic rings. The largest absolute Gasteiger partial charge is 0.379 e. The molecule has 1 aliphatic heterocycles. The van der Waals surface area contributed by atoms with Gasteiger partial charge in [0.15, 0.2) is 5.96 Å². The molecule has 1 saturated heterocycles. The van der Waals surface area contributed by atoms with Crippen LogP contribution in [0.4, 0.5) is 0 Å². The van der Waals surface area contributed by atoms with Crippen LogP contribution in [0.15, 0.2) is 29.3 Å². The molecule has 1 aliphatic rings. The van der Waals surface area contributed by atoms with Crippen molar-refractivity contribution in [3.63, 3.8) is 0 Å². The summed E-state index contributed by atoms with van der Waals surface area (Å²) in [5, 5.41) is 12.2. The van der Waals surface area contributed by atoms with Gasteiger partial charge >= 0.3 is 0 Å². The summed E-state index contributed by atoms with van der Waals surface area (Å²) in [4.78, 5) is 7.28. The minimum Gasteiger partial charge on any atom is -0.379 e. The number of rotatable bonds is 7. The molecular weight excluding hydrogens is 527 g/mol. The third-order valence-electron chi connectivity index (χ3n) is 5.60. The van der Waals surface area contributed by atoms with E-state index in [0.717, 1.165) is 61.8 Å². The van der Waals surface area contributed by atoms with Gasteiger partial charge in [-0.1, -0.05) is 23.7 Å². The van der Waals surface area contributed by atoms with E-state index in [-0.39, 0.29) is 30.0 Å². The average molecular weight is 561 g/mol. The van der Waals surface area contributed by atoms with Crippen LogP contribution < -0.4 is 10.6 Å². The second kappa shape index (κ2) is 12.6. The molecule has 1 unspecified atom stereocenters. The van der Waals surface area contributed by atoms with Crippen molar-refractivity contribution in [3.8, 4) is 0 Å². The highest BCUT2D eigenvalue weighted by atomic mass is 127. The first-order chi connectivity index (χ1) is 14.5. The number of guanidine groups is 1. The molecule has 1 aromatic carbocycles. The van der Waals surface area contributed by atoms with Crippen molar-refractivity contribution in [2.24, 2.45) is 12.0 Å². The number of hydrogen-bond donors (Lipinski definition) is 2. The molecule has 2 heterocycles. The fourth-order valence-corrected chi connectivity index (χ4v) is 3.90. The van der Waals surface area contributed by atoms with E-state index in [1.54, 1.807) is 0 Å². The summed E-state index contributed by atoms with van der Waals surface area (Å²) in [6.45, 7) is 11.7. The summed E-state index contributed by atoms with van der Waals surface area (Å²) in [5.41, 5.74) is 4.60. The van der Waals surface area contributed by atoms with Crippen LogP contribution in [0.5, 0.6) is 0 Å². The van der Waals surface area contributed by atoms with Crippen LogP contribution in [0.2, 0.25) is 5.02 Å². The van der Waals surface area contributed by atoms with Gasteiger partial charge in [-0.2, -0.15) is 5.10 Å². The van der Waals surface area contributed by atoms with E-state index in [4.69, 9.17) is 21.3 Å². The minimum absolute atomic E-state index is 0. The standard InChI is InChI=1S/C22H33ClN6O.HI/c1-5-24-22(25-14-20-16(2)27-28(4)17(20)3)26-15-21(29-10-12-30-13-11-29)18-6-8-19(23)9-7-18;/h6-9,21H,5,10-15H2,1-4H3,(H2,24,25,26);1H. The molecule has 0 aliphatic carbocycles. The highest BCUT2D eigenvalue weighted by Gasteiger charge is 2.23. The van der Waals surface area contributed by atoms with E-state index in [2.05, 4.69) is 46.6 Å². The summed E-state index contributed by atoms with van der Waals surface area (Å²) < 4.78 is 7.47. The summed E-state index contributed by atoms with van der Waals surface area (Å²) in [5.74, 6) is 0.812. The van der Waals surface area contributed by atoms with Gasteiger partial charge in [0.05, 0.1) is 31.5 Å². The maximum absolute atomic E-state index is 6.11. The molecular formula is C22H34ClIN6O. The van der Waals surface area contributed by atoms with Crippen molar-refractivity contribution < 1.29 is 4.74 Å². The molecule has 0 saturated carbocycles. The fourth-order valence-electron chi connectivity index (χ4n) is 3.77. The molecule has 9 heteroatoms. The molecule has 2 N–H and O–H groups in total. The number of hydrogen-bond acceptors (Lipinski definition) is 4. The Morgan fingerprint density at radius 3 is 2.45 bits per heavy atom. The van der Waals surface area contributed by atoms with Crippen LogP contribution in [0.25, 0.3) is 0 Å². The second-order valence-corrected chi connectivity index (χ2v) is 8.00. The molecule has 0 spiro atoms. The van der Waals surface area contributed by atoms with Crippen molar-refractivity contribution >= 4 is 41.5 Å². The Labute approximate surface area is 207 Å². The zero-order valence-electron chi connectivity index (χ0n) is 18.8. The lowest BCUT2D eigenvalue weighted by Crippen LogP contribution is -2.46. The number of morpholine rings is 1. The quantitative estimate of drug-likeness (QED) is 0.309. The Hall–Kier alpha value is -1.36. The van der Waals surface area contributed by atoms with E-state index >= 15 is 0 Å². The van der Waals surface area contributed by atoms with Crippen molar-refractivity contribution in [3.05, 3.63) is 51.8 Å². The van der Waals surface area contributed by atoms with Crippen molar-refractivity contribution in [1.82, 2.24) is 25.3 Å². The van der Waals surface area contributed by atoms with Crippen molar-refractivity contribution in [1.29, 1.82) is 0 Å². The van der Waals surface area contributed by atoms with Crippen LogP contribution in [0, 0.1) is 13.8 Å². The molecule has 1 fully saturated rings. The van der Waals surface area contributed by atoms with Crippen molar-refractivity contribution in [2.75, 3.05) is 39.4 Å². The lowest BCUT2D eigenvalue weighted by Gasteiger charge is -2.35. The van der Waals surface area contributed by atoms with Gasteiger partial charge in [-0.3, -0.25) is 9.58 Å². The molecule has 172 valence electrons. The Balaban J connectivity index is 0.00000341. The predicted molar refractivity (Wildman–Crippen MR) is 138 cm³/mol. The number of nitrogens with zero attached hydrogens (tertiary/aromatic N) is 4. The van der Waals surface area contributed by atoms with Gasteiger partial charge < -0.3 is 15.4 Å². The van der Waals surface area contributed by atoms with Crippen LogP contribution in [-0.4, -0.2) is 60.0 Å². The maximum Gasteiger partial charge on any atom is 0.191 e. The Morgan fingerprint density at radius 1 is 1.19 bits per heavy atom. The molecule has 1 atom stereocenters. The van der Waals surface area contributed by atoms with Crippen LogP contribution in [0.3, 0.4) is 0 Å². The predicted octanol–water partition coefficient (Wildman–Crippen LogP) is 3.44. The topological polar surface area (TPSA) is 66.7 Å². The zero-order chi connectivity index (χ0) is 21.5. The first-order valence-electron chi connectivity index (χ1n) is 10.6. The molecule has 3 rings (SSSR count). The van der Waals surface area contributed by atoms with Gasteiger partial charge in [0.2, 0.25) is 0 Å². The summed E-state index contributed by atoms with van der Waals surface area (Å²) in [6.07, 6.45) is 0. The number of ether oxygens (including phenoxy) is 1. The molecule has 7 nitrogen and oxygen atoms in total. The van der Waals surface area contributed by atoms with E-state index in [0.29, 0.717) is 6.54 Å². The van der Waals surface area contributed by atoms with E-state index in [1.165, 1.54) is 11.1 Å². The normalized spacial score (nSPS) is 16.0. The summed E-state index contributed by atoms with van der Waals surface area (Å²) in [7, 11) is 1.97. The number of aromatic nitrogens is 2. The third kappa shape index (κ3) is 7.06. The second-order valence-electron chi connectivity index (χ2n) is 7.56. The smallest absolute Gasteiger partial charge is 0.191 e. The van der Waals surface area contributed by atoms with E-state index in [9.17, 15) is 0 Å². The van der Waals surface area contributed by atoms with Gasteiger partial charge in [0.1, 0.15) is 0 Å². The summed E-state index contributed by atoms with van der Waals surface area (Å²) in [6, 6.07) is 8.35. The summed E-state index contributed by atoms with van der Waals surface area (Å²) >= 11 is 6.11. The Bertz CT molecular complexity index is 848. The lowest BCUT2D eigenvalue weighted by molar-refractivity contribution is 0.0170. The molecule has 1 aromatic heterocycles. The Kier molecular flexibility index (Phi) is 10.5. The van der Waals surface area contributed by atoms with Gasteiger partial charge in [0, 0.05) is 49.5 Å². The van der Waals surface area contributed by atoms with Crippen LogP contribution in [-0.2, 0) is 18.3 Å². The molecule has 0 bridgehead atoms. The average Bonchev–Trinajstić information content (AvgIpc) is 2.99. The van der Waals surface area contributed by atoms with Crippen molar-refractivity contribution in [2.45, 2.75) is 33.4 Å². The van der Waals surface area contributed by atoms with Gasteiger partial charge in [-0.25, -0.2) is 4.99 Å². The highest BCUT2D eigenvalue weighted by molar-refractivity contribution is 14.0. The number of aliphatic imine (C=N–C) groups is 1. The monoisotopic (exact) mass is 560 g/mol. The number of halogens is 2. The first-order valence-corrected chi connectivity index (χ1v) is 11.0. The van der Waals surface area contributed by atoms with Gasteiger partial charge in [0.25, 0.3) is 0 Å². The van der Waals surface area contributed by atoms with E-state index in [1.807, 2.05) is 30.8 Å². The number of nitrogens with one attached hydrogen (secondary N) is 2. The first kappa shape index (κ1) is 25.9. The number of aryl methyl sites for hydroxylation is 2. The highest BCUT2D eigenvalue weighted by Crippen LogP contribution is 2.23. The minimum atomic E-state index is 0. The third-order valence-corrected chi connectivity index (χ3v) is 5.85. The Morgan fingerprint density at radius 2 is 1.87 bits per heavy atom. The van der Waals surface area contributed by atoms with Crippen LogP contribution >= 0.6 is 35.6 Å². The van der Waals surface area contributed by atoms with Crippen LogP contribution in [0.1, 0.15) is 35.5 Å². The fraction of sp³-hybridized carbons (Fsp3) is 0.545. The molecule has 0 amide bonds. The SMILES string of the molecule is CCNC(=NCc1c(C)nn(C)c1C)NCC(c1ccc(Cl)cc1)N1CCOCC1.I. The molecule has 0 radical (unpaired) electrons. The number of benzene rings is 1. The zero-order valence-corrected chi connectivity index (χ0v) is 21.9. The van der Waals surface area contributed by atoms with Gasteiger partial charge in [-0.05, 0) is 38.5 Å².